The summed E-state index contributed by atoms with van der Waals surface area (Å²) in [6, 6.07) is 5.46. The molecule has 0 aromatic heterocycles. The highest BCUT2D eigenvalue weighted by molar-refractivity contribution is 7.92. The number of hydrogen-bond donors (Lipinski definition) is 3. The number of halogens is 4. The SMILES string of the molecule is CNc1cc(C)c(C=CS(=O)(=O)N2CCC(NC(=O)c3ccc(F)c(C(F)(F)F)c3)(C(N)=O)CC2)c(C)c1. The van der Waals surface area contributed by atoms with Gasteiger partial charge in [-0.15, -0.1) is 0 Å². The zero-order chi connectivity index (χ0) is 28.5. The average Bonchev–Trinajstić information content (AvgIpc) is 2.83. The normalized spacial score (nSPS) is 16.4. The number of nitrogens with zero attached hydrogens (tertiary/aromatic N) is 1. The molecule has 0 atom stereocenters. The first-order valence-electron chi connectivity index (χ1n) is 11.6. The van der Waals surface area contributed by atoms with Crippen LogP contribution in [-0.2, 0) is 21.0 Å². The lowest BCUT2D eigenvalue weighted by atomic mass is 9.87. The Morgan fingerprint density at radius 3 is 2.16 bits per heavy atom. The predicted octanol–water partition coefficient (Wildman–Crippen LogP) is 3.55. The molecule has 0 radical (unpaired) electrons. The Kier molecular flexibility index (Phi) is 8.22. The molecule has 0 saturated carbocycles. The van der Waals surface area contributed by atoms with Crippen LogP contribution in [0.2, 0.25) is 0 Å². The number of benzene rings is 2. The van der Waals surface area contributed by atoms with Crippen LogP contribution in [0.1, 0.15) is 45.5 Å². The Hall–Kier alpha value is -3.45. The van der Waals surface area contributed by atoms with E-state index in [4.69, 9.17) is 5.73 Å². The smallest absolute Gasteiger partial charge is 0.388 e. The molecule has 0 unspecified atom stereocenters. The molecule has 1 saturated heterocycles. The molecule has 1 heterocycles. The Balaban J connectivity index is 1.77. The molecular weight excluding hydrogens is 528 g/mol. The Morgan fingerprint density at radius 2 is 1.66 bits per heavy atom. The van der Waals surface area contributed by atoms with E-state index in [-0.39, 0.29) is 25.9 Å². The third kappa shape index (κ3) is 6.16. The van der Waals surface area contributed by atoms with Gasteiger partial charge in [0.25, 0.3) is 5.91 Å². The van der Waals surface area contributed by atoms with Gasteiger partial charge in [-0.2, -0.15) is 17.5 Å². The summed E-state index contributed by atoms with van der Waals surface area (Å²) in [5.41, 5.74) is 5.02. The molecule has 0 aliphatic carbocycles. The molecular formula is C25H28F4N4O4S. The monoisotopic (exact) mass is 556 g/mol. The van der Waals surface area contributed by atoms with Gasteiger partial charge in [0.1, 0.15) is 11.4 Å². The van der Waals surface area contributed by atoms with Crippen LogP contribution in [-0.4, -0.2) is 50.2 Å². The van der Waals surface area contributed by atoms with Crippen molar-refractivity contribution in [3.05, 3.63) is 69.4 Å². The van der Waals surface area contributed by atoms with Crippen molar-refractivity contribution >= 4 is 33.6 Å². The summed E-state index contributed by atoms with van der Waals surface area (Å²) < 4.78 is 79.8. The number of amides is 2. The molecule has 13 heteroatoms. The van der Waals surface area contributed by atoms with Crippen molar-refractivity contribution in [2.45, 2.75) is 38.4 Å². The lowest BCUT2D eigenvalue weighted by molar-refractivity contribution is -0.140. The van der Waals surface area contributed by atoms with Gasteiger partial charge in [-0.3, -0.25) is 9.59 Å². The summed E-state index contributed by atoms with van der Waals surface area (Å²) in [4.78, 5) is 25.0. The standard InChI is InChI=1S/C25H28F4N4O4S/c1-15-12-18(31-3)13-16(2)19(15)6-11-38(36,37)33-9-7-24(8-10-33,23(30)35)32-22(34)17-4-5-21(26)20(14-17)25(27,28)29/h4-6,11-14,31H,7-10H2,1-3H3,(H2,30,35)(H,32,34). The fourth-order valence-corrected chi connectivity index (χ4v) is 5.52. The zero-order valence-corrected chi connectivity index (χ0v) is 21.8. The number of nitrogens with one attached hydrogen (secondary N) is 2. The number of carbonyl (C=O) groups excluding carboxylic acids is 2. The number of hydrogen-bond acceptors (Lipinski definition) is 5. The van der Waals surface area contributed by atoms with Gasteiger partial charge >= 0.3 is 6.18 Å². The summed E-state index contributed by atoms with van der Waals surface area (Å²) in [5, 5.41) is 6.44. The van der Waals surface area contributed by atoms with Crippen LogP contribution in [0.3, 0.4) is 0 Å². The highest BCUT2D eigenvalue weighted by Gasteiger charge is 2.44. The van der Waals surface area contributed by atoms with Crippen LogP contribution in [0.4, 0.5) is 23.2 Å². The minimum absolute atomic E-state index is 0.177. The second kappa shape index (κ2) is 10.7. The van der Waals surface area contributed by atoms with E-state index in [0.717, 1.165) is 38.2 Å². The summed E-state index contributed by atoms with van der Waals surface area (Å²) >= 11 is 0. The number of anilines is 1. The molecule has 0 spiro atoms. The number of primary amides is 1. The molecule has 1 aliphatic rings. The zero-order valence-electron chi connectivity index (χ0n) is 20.9. The number of sulfonamides is 1. The fourth-order valence-electron chi connectivity index (χ4n) is 4.35. The van der Waals surface area contributed by atoms with E-state index in [9.17, 15) is 35.6 Å². The number of aryl methyl sites for hydroxylation is 2. The Morgan fingerprint density at radius 1 is 1.08 bits per heavy atom. The van der Waals surface area contributed by atoms with Gasteiger partial charge in [0.2, 0.25) is 15.9 Å². The first-order valence-corrected chi connectivity index (χ1v) is 13.1. The van der Waals surface area contributed by atoms with Gasteiger partial charge in [-0.25, -0.2) is 12.8 Å². The van der Waals surface area contributed by atoms with E-state index in [1.807, 2.05) is 26.0 Å². The van der Waals surface area contributed by atoms with Crippen LogP contribution in [0.25, 0.3) is 6.08 Å². The first-order chi connectivity index (χ1) is 17.6. The van der Waals surface area contributed by atoms with Crippen molar-refractivity contribution in [2.24, 2.45) is 5.73 Å². The number of alkyl halides is 3. The van der Waals surface area contributed by atoms with Gasteiger partial charge in [0, 0.05) is 36.8 Å². The van der Waals surface area contributed by atoms with Gasteiger partial charge in [-0.1, -0.05) is 0 Å². The Labute approximate surface area is 217 Å². The summed E-state index contributed by atoms with van der Waals surface area (Å²) in [7, 11) is -2.13. The van der Waals surface area contributed by atoms with E-state index < -0.39 is 50.5 Å². The van der Waals surface area contributed by atoms with Crippen molar-refractivity contribution in [1.82, 2.24) is 9.62 Å². The van der Waals surface area contributed by atoms with Gasteiger partial charge in [0.05, 0.1) is 5.56 Å². The van der Waals surface area contributed by atoms with E-state index in [1.165, 1.54) is 6.08 Å². The fraction of sp³-hybridized carbons (Fsp3) is 0.360. The highest BCUT2D eigenvalue weighted by Crippen LogP contribution is 2.32. The van der Waals surface area contributed by atoms with E-state index in [1.54, 1.807) is 7.05 Å². The van der Waals surface area contributed by atoms with Gasteiger partial charge in [-0.05, 0) is 79.8 Å². The second-order valence-corrected chi connectivity index (χ2v) is 10.9. The molecule has 206 valence electrons. The maximum atomic E-state index is 13.6. The number of rotatable bonds is 7. The summed E-state index contributed by atoms with van der Waals surface area (Å²) in [6.45, 7) is 3.35. The lowest BCUT2D eigenvalue weighted by Gasteiger charge is -2.39. The van der Waals surface area contributed by atoms with Crippen LogP contribution < -0.4 is 16.4 Å². The summed E-state index contributed by atoms with van der Waals surface area (Å²) in [6.07, 6.45) is -3.95. The lowest BCUT2D eigenvalue weighted by Crippen LogP contribution is -2.62. The molecule has 0 bridgehead atoms. The molecule has 3 rings (SSSR count). The molecule has 8 nitrogen and oxygen atoms in total. The molecule has 1 aliphatic heterocycles. The first kappa shape index (κ1) is 29.1. The van der Waals surface area contributed by atoms with Crippen molar-refractivity contribution < 1.29 is 35.6 Å². The van der Waals surface area contributed by atoms with E-state index >= 15 is 0 Å². The topological polar surface area (TPSA) is 122 Å². The van der Waals surface area contributed by atoms with Crippen LogP contribution in [0.5, 0.6) is 0 Å². The predicted molar refractivity (Wildman–Crippen MR) is 135 cm³/mol. The molecule has 38 heavy (non-hydrogen) atoms. The maximum Gasteiger partial charge on any atom is 0.419 e. The minimum atomic E-state index is -5.03. The van der Waals surface area contributed by atoms with Crippen molar-refractivity contribution in [3.63, 3.8) is 0 Å². The van der Waals surface area contributed by atoms with Gasteiger partial charge in [0.15, 0.2) is 0 Å². The number of carbonyl (C=O) groups is 2. The molecule has 4 N–H and O–H groups in total. The highest BCUT2D eigenvalue weighted by atomic mass is 32.2. The second-order valence-electron chi connectivity index (χ2n) is 9.11. The number of nitrogens with two attached hydrogens (primary N) is 1. The van der Waals surface area contributed by atoms with Crippen molar-refractivity contribution in [1.29, 1.82) is 0 Å². The molecule has 2 amide bonds. The van der Waals surface area contributed by atoms with Crippen molar-refractivity contribution in [2.75, 3.05) is 25.5 Å². The van der Waals surface area contributed by atoms with Crippen LogP contribution in [0, 0.1) is 19.7 Å². The number of piperidine rings is 1. The van der Waals surface area contributed by atoms with E-state index in [2.05, 4.69) is 10.6 Å². The van der Waals surface area contributed by atoms with Crippen LogP contribution in [0.15, 0.2) is 35.7 Å². The van der Waals surface area contributed by atoms with Crippen LogP contribution >= 0.6 is 0 Å². The molecule has 2 aromatic carbocycles. The molecule has 2 aromatic rings. The largest absolute Gasteiger partial charge is 0.419 e. The minimum Gasteiger partial charge on any atom is -0.388 e. The third-order valence-corrected chi connectivity index (χ3v) is 8.15. The third-order valence-electron chi connectivity index (χ3n) is 6.58. The van der Waals surface area contributed by atoms with Crippen molar-refractivity contribution in [3.8, 4) is 0 Å². The van der Waals surface area contributed by atoms with Gasteiger partial charge < -0.3 is 16.4 Å². The maximum absolute atomic E-state index is 13.6. The van der Waals surface area contributed by atoms with E-state index in [0.29, 0.717) is 12.1 Å². The average molecular weight is 557 g/mol. The summed E-state index contributed by atoms with van der Waals surface area (Å²) in [5.74, 6) is -3.58. The molecule has 1 fully saturated rings. The Bertz CT molecular complexity index is 1360. The quantitative estimate of drug-likeness (QED) is 0.451.